The summed E-state index contributed by atoms with van der Waals surface area (Å²) < 4.78 is 0. The van der Waals surface area contributed by atoms with Gasteiger partial charge in [-0.05, 0) is 30.8 Å². The van der Waals surface area contributed by atoms with Crippen molar-refractivity contribution in [1.82, 2.24) is 0 Å². The molecule has 9 heavy (non-hydrogen) atoms. The SMILES string of the molecule is C=CC[S+](CC)CC.[I-]. The van der Waals surface area contributed by atoms with Gasteiger partial charge in [-0.25, -0.2) is 0 Å². The molecule has 0 amide bonds. The molecule has 2 heteroatoms. The minimum Gasteiger partial charge on any atom is -1.00 e. The zero-order valence-corrected chi connectivity index (χ0v) is 9.17. The average molecular weight is 258 g/mol. The van der Waals surface area contributed by atoms with Crippen molar-refractivity contribution in [3.8, 4) is 0 Å². The average Bonchev–Trinajstić information content (AvgIpc) is 1.83. The molecule has 0 aromatic carbocycles. The van der Waals surface area contributed by atoms with E-state index in [0.29, 0.717) is 10.9 Å². The third-order valence-corrected chi connectivity index (χ3v) is 3.51. The predicted octanol–water partition coefficient (Wildman–Crippen LogP) is -1.17. The number of halogens is 1. The minimum absolute atomic E-state index is 0. The molecule has 0 rings (SSSR count). The van der Waals surface area contributed by atoms with Crippen LogP contribution in [0.25, 0.3) is 0 Å². The quantitative estimate of drug-likeness (QED) is 0.339. The molecule has 0 unspecified atom stereocenters. The smallest absolute Gasteiger partial charge is 0.126 e. The molecule has 0 bridgehead atoms. The molecule has 0 heterocycles. The van der Waals surface area contributed by atoms with Gasteiger partial charge in [0.25, 0.3) is 0 Å². The van der Waals surface area contributed by atoms with Crippen molar-refractivity contribution < 1.29 is 24.0 Å². The van der Waals surface area contributed by atoms with Gasteiger partial charge in [0, 0.05) is 0 Å². The fourth-order valence-electron chi connectivity index (χ4n) is 0.606. The lowest BCUT2D eigenvalue weighted by molar-refractivity contribution is -0.00000182. The van der Waals surface area contributed by atoms with Gasteiger partial charge in [0.05, 0.1) is 0 Å². The molecule has 0 saturated carbocycles. The van der Waals surface area contributed by atoms with Crippen molar-refractivity contribution in [2.24, 2.45) is 0 Å². The monoisotopic (exact) mass is 258 g/mol. The van der Waals surface area contributed by atoms with Crippen molar-refractivity contribution in [2.75, 3.05) is 17.3 Å². The fourth-order valence-corrected chi connectivity index (χ4v) is 1.82. The number of hydrogen-bond acceptors (Lipinski definition) is 0. The second kappa shape index (κ2) is 8.82. The molecule has 0 nitrogen and oxygen atoms in total. The summed E-state index contributed by atoms with van der Waals surface area (Å²) >= 11 is 0. The third kappa shape index (κ3) is 6.71. The van der Waals surface area contributed by atoms with Crippen molar-refractivity contribution in [1.29, 1.82) is 0 Å². The van der Waals surface area contributed by atoms with E-state index in [0.717, 1.165) is 0 Å². The Morgan fingerprint density at radius 3 is 1.89 bits per heavy atom. The maximum atomic E-state index is 3.70. The van der Waals surface area contributed by atoms with Crippen LogP contribution in [0.3, 0.4) is 0 Å². The van der Waals surface area contributed by atoms with Crippen molar-refractivity contribution in [2.45, 2.75) is 13.8 Å². The Bertz CT molecular complexity index is 59.9. The number of rotatable bonds is 4. The molecule has 0 aromatic heterocycles. The highest BCUT2D eigenvalue weighted by Gasteiger charge is 2.06. The number of hydrogen-bond donors (Lipinski definition) is 0. The Balaban J connectivity index is 0. The van der Waals surface area contributed by atoms with E-state index < -0.39 is 0 Å². The lowest BCUT2D eigenvalue weighted by atomic mass is 10.8. The zero-order chi connectivity index (χ0) is 6.41. The van der Waals surface area contributed by atoms with Crippen LogP contribution in [0.2, 0.25) is 0 Å². The summed E-state index contributed by atoms with van der Waals surface area (Å²) in [6.45, 7) is 8.20. The molecular weight excluding hydrogens is 243 g/mol. The Kier molecular flexibility index (Phi) is 12.2. The summed E-state index contributed by atoms with van der Waals surface area (Å²) in [5.74, 6) is 3.86. The van der Waals surface area contributed by atoms with E-state index in [-0.39, 0.29) is 24.0 Å². The van der Waals surface area contributed by atoms with Gasteiger partial charge >= 0.3 is 0 Å². The Hall–Kier alpha value is 0.820. The van der Waals surface area contributed by atoms with E-state index in [2.05, 4.69) is 20.4 Å². The first kappa shape index (κ1) is 12.5. The summed E-state index contributed by atoms with van der Waals surface area (Å²) in [4.78, 5) is 0. The van der Waals surface area contributed by atoms with Crippen LogP contribution in [0.4, 0.5) is 0 Å². The summed E-state index contributed by atoms with van der Waals surface area (Å²) in [5.41, 5.74) is 0. The summed E-state index contributed by atoms with van der Waals surface area (Å²) in [6, 6.07) is 0. The second-order valence-electron chi connectivity index (χ2n) is 1.65. The van der Waals surface area contributed by atoms with E-state index in [1.54, 1.807) is 0 Å². The topological polar surface area (TPSA) is 0 Å². The Labute approximate surface area is 78.5 Å². The van der Waals surface area contributed by atoms with Crippen LogP contribution in [0, 0.1) is 0 Å². The first-order valence-electron chi connectivity index (χ1n) is 3.10. The van der Waals surface area contributed by atoms with Crippen LogP contribution in [0.5, 0.6) is 0 Å². The highest BCUT2D eigenvalue weighted by molar-refractivity contribution is 7.96. The molecule has 0 aliphatic rings. The molecule has 0 aliphatic heterocycles. The highest BCUT2D eigenvalue weighted by Crippen LogP contribution is 1.94. The molecule has 0 aliphatic carbocycles. The van der Waals surface area contributed by atoms with Crippen LogP contribution in [-0.2, 0) is 10.9 Å². The molecule has 0 atom stereocenters. The van der Waals surface area contributed by atoms with Crippen LogP contribution < -0.4 is 24.0 Å². The van der Waals surface area contributed by atoms with Crippen LogP contribution in [0.15, 0.2) is 12.7 Å². The van der Waals surface area contributed by atoms with E-state index in [4.69, 9.17) is 0 Å². The third-order valence-electron chi connectivity index (χ3n) is 1.17. The maximum Gasteiger partial charge on any atom is 0.126 e. The van der Waals surface area contributed by atoms with Gasteiger partial charge < -0.3 is 24.0 Å². The van der Waals surface area contributed by atoms with Gasteiger partial charge in [0.2, 0.25) is 0 Å². The molecule has 0 fully saturated rings. The summed E-state index contributed by atoms with van der Waals surface area (Å²) in [6.07, 6.45) is 2.02. The standard InChI is InChI=1S/C7H15S.HI/c1-4-7-8(5-2)6-3;/h4H,1,5-7H2,2-3H3;1H/q+1;/p-1. The van der Waals surface area contributed by atoms with Gasteiger partial charge in [0.1, 0.15) is 17.3 Å². The second-order valence-corrected chi connectivity index (χ2v) is 4.36. The summed E-state index contributed by atoms with van der Waals surface area (Å²) in [7, 11) is 0.644. The van der Waals surface area contributed by atoms with E-state index in [1.807, 2.05) is 6.08 Å². The predicted molar refractivity (Wildman–Crippen MR) is 43.5 cm³/mol. The molecule has 0 radical (unpaired) electrons. The van der Waals surface area contributed by atoms with Gasteiger partial charge in [-0.15, -0.1) is 0 Å². The van der Waals surface area contributed by atoms with Gasteiger partial charge in [-0.2, -0.15) is 0 Å². The first-order valence-corrected chi connectivity index (χ1v) is 4.83. The first-order chi connectivity index (χ1) is 3.85. The van der Waals surface area contributed by atoms with Gasteiger partial charge in [0.15, 0.2) is 0 Å². The van der Waals surface area contributed by atoms with Crippen molar-refractivity contribution >= 4 is 10.9 Å². The van der Waals surface area contributed by atoms with Gasteiger partial charge in [-0.3, -0.25) is 0 Å². The van der Waals surface area contributed by atoms with Crippen LogP contribution in [-0.4, -0.2) is 17.3 Å². The minimum atomic E-state index is 0. The molecule has 0 saturated heterocycles. The molecular formula is C7H15IS. The van der Waals surface area contributed by atoms with Crippen LogP contribution in [0.1, 0.15) is 13.8 Å². The lowest BCUT2D eigenvalue weighted by Gasteiger charge is -1.96. The highest BCUT2D eigenvalue weighted by atomic mass is 127. The molecule has 0 spiro atoms. The lowest BCUT2D eigenvalue weighted by Crippen LogP contribution is -3.00. The Morgan fingerprint density at radius 1 is 1.33 bits per heavy atom. The Morgan fingerprint density at radius 2 is 1.78 bits per heavy atom. The van der Waals surface area contributed by atoms with Crippen molar-refractivity contribution in [3.05, 3.63) is 12.7 Å². The van der Waals surface area contributed by atoms with Crippen LogP contribution >= 0.6 is 0 Å². The largest absolute Gasteiger partial charge is 1.00 e. The zero-order valence-electron chi connectivity index (χ0n) is 6.19. The van der Waals surface area contributed by atoms with E-state index in [1.165, 1.54) is 17.3 Å². The summed E-state index contributed by atoms with van der Waals surface area (Å²) in [5, 5.41) is 0. The molecule has 0 N–H and O–H groups in total. The normalized spacial score (nSPS) is 8.78. The maximum absolute atomic E-state index is 3.70. The molecule has 56 valence electrons. The van der Waals surface area contributed by atoms with Gasteiger partial charge in [-0.1, -0.05) is 6.58 Å². The van der Waals surface area contributed by atoms with Crippen molar-refractivity contribution in [3.63, 3.8) is 0 Å². The molecule has 0 aromatic rings. The fraction of sp³-hybridized carbons (Fsp3) is 0.714. The van der Waals surface area contributed by atoms with E-state index in [9.17, 15) is 0 Å². The van der Waals surface area contributed by atoms with E-state index >= 15 is 0 Å².